The summed E-state index contributed by atoms with van der Waals surface area (Å²) < 4.78 is 11.0. The third-order valence-electron chi connectivity index (χ3n) is 10.4. The van der Waals surface area contributed by atoms with Gasteiger partial charge in [-0.3, -0.25) is 9.97 Å². The summed E-state index contributed by atoms with van der Waals surface area (Å²) in [6.45, 7) is 8.67. The Morgan fingerprint density at radius 1 is 0.558 bits per heavy atom. The number of hydrogen-bond donors (Lipinski definition) is 0. The fourth-order valence-corrected chi connectivity index (χ4v) is 8.12. The molecule has 0 bridgehead atoms. The van der Waals surface area contributed by atoms with E-state index in [0.29, 0.717) is 11.5 Å². The second kappa shape index (κ2) is 12.2. The quantitative estimate of drug-likeness (QED) is 0.131. The van der Waals surface area contributed by atoms with Crippen LogP contribution in [0, 0.1) is 39.8 Å². The van der Waals surface area contributed by atoms with Crippen molar-refractivity contribution in [2.45, 2.75) is 27.7 Å². The number of nitrogens with zero attached hydrogens (tertiary/aromatic N) is 4. The minimum Gasteiger partial charge on any atom is -0.497 e. The van der Waals surface area contributed by atoms with Crippen molar-refractivity contribution in [2.75, 3.05) is 0 Å². The predicted molar refractivity (Wildman–Crippen MR) is 208 cm³/mol. The molecule has 10 rings (SSSR count). The van der Waals surface area contributed by atoms with E-state index in [1.54, 1.807) is 0 Å². The maximum absolute atomic E-state index is 6.54. The average Bonchev–Trinajstić information content (AvgIpc) is 3.81. The maximum Gasteiger partial charge on any atom is 2.00 e. The first-order chi connectivity index (χ1) is 24.9. The monoisotopic (exact) mass is 851 g/mol. The molecule has 10 aromatic rings. The zero-order valence-electron chi connectivity index (χ0n) is 29.1. The van der Waals surface area contributed by atoms with Gasteiger partial charge in [-0.1, -0.05) is 113 Å². The summed E-state index contributed by atoms with van der Waals surface area (Å²) in [5.41, 5.74) is 13.6. The second-order valence-electron chi connectivity index (χ2n) is 13.5. The van der Waals surface area contributed by atoms with E-state index in [2.05, 4.69) is 140 Å². The average molecular weight is 852 g/mol. The molecule has 4 heterocycles. The molecule has 0 saturated heterocycles. The second-order valence-corrected chi connectivity index (χ2v) is 13.5. The SMILES string of the molecule is Cc1cccc(C)c1-c1ccc2c3ccc(Oc4[c-]c5c(cc4)c4ccccc4n4c(-c6c(C)cccc6C)cnc54)[c-]c3c3nccn3c2c1.[Pt+2]. The summed E-state index contributed by atoms with van der Waals surface area (Å²) in [5, 5.41) is 6.25. The number of imidazole rings is 2. The van der Waals surface area contributed by atoms with Gasteiger partial charge >= 0.3 is 21.1 Å². The van der Waals surface area contributed by atoms with Crippen LogP contribution in [0.25, 0.3) is 77.0 Å². The number of fused-ring (bicyclic) bond motifs is 12. The van der Waals surface area contributed by atoms with Gasteiger partial charge in [-0.15, -0.1) is 12.1 Å². The molecule has 52 heavy (non-hydrogen) atoms. The van der Waals surface area contributed by atoms with Crippen molar-refractivity contribution in [2.24, 2.45) is 0 Å². The minimum absolute atomic E-state index is 0. The Kier molecular flexibility index (Phi) is 7.53. The summed E-state index contributed by atoms with van der Waals surface area (Å²) in [5.74, 6) is 1.20. The van der Waals surface area contributed by atoms with Gasteiger partial charge in [0.05, 0.1) is 17.0 Å². The Morgan fingerprint density at radius 3 is 1.85 bits per heavy atom. The summed E-state index contributed by atoms with van der Waals surface area (Å²) in [6.07, 6.45) is 5.86. The van der Waals surface area contributed by atoms with Crippen LogP contribution in [-0.4, -0.2) is 18.8 Å². The number of ether oxygens (including phenoxy) is 1. The largest absolute Gasteiger partial charge is 2.00 e. The van der Waals surface area contributed by atoms with Gasteiger partial charge in [0.1, 0.15) is 0 Å². The molecule has 5 nitrogen and oxygen atoms in total. The van der Waals surface area contributed by atoms with Crippen molar-refractivity contribution in [3.05, 3.63) is 156 Å². The van der Waals surface area contributed by atoms with Crippen LogP contribution in [0.5, 0.6) is 11.5 Å². The van der Waals surface area contributed by atoms with Gasteiger partial charge in [0.25, 0.3) is 0 Å². The molecule has 0 fully saturated rings. The maximum atomic E-state index is 6.54. The van der Waals surface area contributed by atoms with Crippen molar-refractivity contribution in [1.29, 1.82) is 0 Å². The van der Waals surface area contributed by atoms with Crippen LogP contribution in [0.3, 0.4) is 0 Å². The molecule has 0 spiro atoms. The van der Waals surface area contributed by atoms with Gasteiger partial charge < -0.3 is 13.5 Å². The van der Waals surface area contributed by atoms with Gasteiger partial charge in [-0.2, -0.15) is 0 Å². The van der Waals surface area contributed by atoms with E-state index in [1.807, 2.05) is 30.7 Å². The summed E-state index contributed by atoms with van der Waals surface area (Å²) in [7, 11) is 0. The third kappa shape index (κ3) is 4.80. The van der Waals surface area contributed by atoms with Crippen LogP contribution in [0.2, 0.25) is 0 Å². The van der Waals surface area contributed by atoms with Gasteiger partial charge in [0.15, 0.2) is 0 Å². The summed E-state index contributed by atoms with van der Waals surface area (Å²) in [4.78, 5) is 9.78. The van der Waals surface area contributed by atoms with E-state index >= 15 is 0 Å². The van der Waals surface area contributed by atoms with Crippen molar-refractivity contribution < 1.29 is 25.8 Å². The Morgan fingerprint density at radius 2 is 1.15 bits per heavy atom. The fourth-order valence-electron chi connectivity index (χ4n) is 8.12. The molecule has 0 saturated carbocycles. The number of aromatic nitrogens is 4. The van der Waals surface area contributed by atoms with E-state index in [4.69, 9.17) is 14.7 Å². The van der Waals surface area contributed by atoms with E-state index in [1.165, 1.54) is 38.9 Å². The molecular formula is C46H32N4OPt. The van der Waals surface area contributed by atoms with E-state index in [-0.39, 0.29) is 21.1 Å². The summed E-state index contributed by atoms with van der Waals surface area (Å²) in [6, 6.07) is 43.5. The Bertz CT molecular complexity index is 3020. The van der Waals surface area contributed by atoms with Gasteiger partial charge in [-0.25, -0.2) is 0 Å². The zero-order chi connectivity index (χ0) is 34.4. The molecule has 0 unspecified atom stereocenters. The molecule has 6 heteroatoms. The molecule has 0 radical (unpaired) electrons. The molecule has 6 aromatic carbocycles. The third-order valence-corrected chi connectivity index (χ3v) is 10.4. The van der Waals surface area contributed by atoms with E-state index < -0.39 is 0 Å². The van der Waals surface area contributed by atoms with Crippen molar-refractivity contribution in [3.63, 3.8) is 0 Å². The molecule has 252 valence electrons. The van der Waals surface area contributed by atoms with Crippen molar-refractivity contribution in [3.8, 4) is 33.9 Å². The molecule has 0 amide bonds. The molecule has 0 atom stereocenters. The van der Waals surface area contributed by atoms with E-state index in [0.717, 1.165) is 60.3 Å². The number of para-hydroxylation sites is 1. The topological polar surface area (TPSA) is 43.8 Å². The Hall–Kier alpha value is -5.77. The minimum atomic E-state index is 0. The van der Waals surface area contributed by atoms with Crippen molar-refractivity contribution in [1.82, 2.24) is 18.8 Å². The van der Waals surface area contributed by atoms with Crippen LogP contribution in [-0.2, 0) is 21.1 Å². The predicted octanol–water partition coefficient (Wildman–Crippen LogP) is 11.6. The Labute approximate surface area is 315 Å². The van der Waals surface area contributed by atoms with Gasteiger partial charge in [-0.05, 0) is 84.0 Å². The smallest absolute Gasteiger partial charge is 0.497 e. The molecule has 0 aliphatic heterocycles. The first-order valence-electron chi connectivity index (χ1n) is 17.2. The first kappa shape index (κ1) is 32.2. The first-order valence-corrected chi connectivity index (χ1v) is 17.2. The number of hydrogen-bond acceptors (Lipinski definition) is 3. The molecule has 0 N–H and O–H groups in total. The van der Waals surface area contributed by atoms with E-state index in [9.17, 15) is 0 Å². The van der Waals surface area contributed by atoms with Crippen molar-refractivity contribution >= 4 is 54.6 Å². The van der Waals surface area contributed by atoms with Crippen LogP contribution in [0.15, 0.2) is 122 Å². The molecule has 0 aliphatic carbocycles. The number of aryl methyl sites for hydroxylation is 4. The summed E-state index contributed by atoms with van der Waals surface area (Å²) >= 11 is 0. The van der Waals surface area contributed by atoms with Crippen LogP contribution >= 0.6 is 0 Å². The zero-order valence-corrected chi connectivity index (χ0v) is 31.3. The molecule has 4 aromatic heterocycles. The number of benzene rings is 6. The van der Waals surface area contributed by atoms with Crippen LogP contribution < -0.4 is 4.74 Å². The number of pyridine rings is 2. The fraction of sp³-hybridized carbons (Fsp3) is 0.0870. The standard InChI is InChI=1S/C46H32N4O.Pt/c1-27-9-7-10-28(2)43(27)31-15-18-37-35-20-17-32(24-38(35)45-47-21-22-49(45)41(37)23-31)51-33-16-19-34-36-13-5-6-14-40(36)50-42(26-48-46(50)39(34)25-33)44-29(3)11-8-12-30(44)4;/h5-23,26H,1-4H3;/q-2;+2. The van der Waals surface area contributed by atoms with Crippen LogP contribution in [0.4, 0.5) is 0 Å². The molecule has 0 aliphatic rings. The van der Waals surface area contributed by atoms with Crippen LogP contribution in [0.1, 0.15) is 22.3 Å². The van der Waals surface area contributed by atoms with Gasteiger partial charge in [0, 0.05) is 46.7 Å². The normalized spacial score (nSPS) is 11.7. The van der Waals surface area contributed by atoms with Gasteiger partial charge in [0.2, 0.25) is 0 Å². The number of rotatable bonds is 4. The Balaban J connectivity index is 0.00000360. The molecular weight excluding hydrogens is 820 g/mol.